The van der Waals surface area contributed by atoms with Crippen molar-refractivity contribution in [3.05, 3.63) is 121 Å². The molecule has 4 aromatic carbocycles. The van der Waals surface area contributed by atoms with Gasteiger partial charge in [0.2, 0.25) is 0 Å². The van der Waals surface area contributed by atoms with E-state index in [0.717, 1.165) is 16.2 Å². The Hall–Kier alpha value is -4.02. The Kier molecular flexibility index (Phi) is 8.79. The molecule has 36 heavy (non-hydrogen) atoms. The zero-order valence-electron chi connectivity index (χ0n) is 19.5. The third-order valence-corrected chi connectivity index (χ3v) is 7.69. The van der Waals surface area contributed by atoms with Gasteiger partial charge < -0.3 is 14.8 Å². The Morgan fingerprint density at radius 2 is 1.36 bits per heavy atom. The predicted molar refractivity (Wildman–Crippen MR) is 140 cm³/mol. The van der Waals surface area contributed by atoms with E-state index < -0.39 is 25.8 Å². The van der Waals surface area contributed by atoms with E-state index in [9.17, 15) is 14.0 Å². The summed E-state index contributed by atoms with van der Waals surface area (Å²) in [4.78, 5) is 24.5. The molecule has 0 spiro atoms. The molecule has 0 aliphatic carbocycles. The summed E-state index contributed by atoms with van der Waals surface area (Å²) in [6, 6.07) is 33.0. The predicted octanol–water partition coefficient (Wildman–Crippen LogP) is 4.81. The average Bonchev–Trinajstić information content (AvgIpc) is 2.91. The van der Waals surface area contributed by atoms with Gasteiger partial charge in [0.15, 0.2) is 0 Å². The van der Waals surface area contributed by atoms with E-state index in [1.807, 2.05) is 91.0 Å². The SMILES string of the molecule is O=C(CCNC(=O)OCc1ccccc1)Oc1ccc(F)cc1P(c1ccccc1)c1ccccc1. The smallest absolute Gasteiger partial charge is 0.407 e. The molecule has 182 valence electrons. The Bertz CT molecular complexity index is 1250. The highest BCUT2D eigenvalue weighted by atomic mass is 31.1. The monoisotopic (exact) mass is 501 g/mol. The number of carbonyl (C=O) groups excluding carboxylic acids is 2. The standard InChI is InChI=1S/C29H25FNO4P/c30-23-16-17-26(35-28(32)18-19-31-29(33)34-21-22-10-4-1-5-11-22)27(20-23)36(24-12-6-2-7-13-24)25-14-8-3-9-15-25/h1-17,20H,18-19,21H2,(H,31,33). The quantitative estimate of drug-likeness (QED) is 0.203. The maximum atomic E-state index is 14.4. The van der Waals surface area contributed by atoms with Crippen molar-refractivity contribution in [2.75, 3.05) is 6.54 Å². The van der Waals surface area contributed by atoms with Gasteiger partial charge in [0, 0.05) is 11.8 Å². The highest BCUT2D eigenvalue weighted by molar-refractivity contribution is 7.80. The summed E-state index contributed by atoms with van der Waals surface area (Å²) < 4.78 is 25.2. The molecule has 0 heterocycles. The maximum absolute atomic E-state index is 14.4. The van der Waals surface area contributed by atoms with Crippen LogP contribution in [0, 0.1) is 5.82 Å². The number of hydrogen-bond acceptors (Lipinski definition) is 4. The van der Waals surface area contributed by atoms with Crippen molar-refractivity contribution in [1.29, 1.82) is 0 Å². The van der Waals surface area contributed by atoms with Crippen LogP contribution in [0.3, 0.4) is 0 Å². The lowest BCUT2D eigenvalue weighted by molar-refractivity contribution is -0.134. The van der Waals surface area contributed by atoms with Gasteiger partial charge in [0.25, 0.3) is 0 Å². The van der Waals surface area contributed by atoms with Crippen LogP contribution in [-0.4, -0.2) is 18.6 Å². The van der Waals surface area contributed by atoms with Crippen LogP contribution < -0.4 is 26.0 Å². The van der Waals surface area contributed by atoms with Gasteiger partial charge in [-0.2, -0.15) is 0 Å². The molecule has 5 nitrogen and oxygen atoms in total. The van der Waals surface area contributed by atoms with Crippen molar-refractivity contribution in [3.63, 3.8) is 0 Å². The molecule has 0 aromatic heterocycles. The minimum Gasteiger partial charge on any atom is -0.445 e. The molecule has 0 saturated carbocycles. The van der Waals surface area contributed by atoms with Crippen molar-refractivity contribution in [3.8, 4) is 5.75 Å². The highest BCUT2D eigenvalue weighted by Gasteiger charge is 2.22. The lowest BCUT2D eigenvalue weighted by atomic mass is 10.2. The zero-order chi connectivity index (χ0) is 25.2. The van der Waals surface area contributed by atoms with Crippen LogP contribution in [0.25, 0.3) is 0 Å². The van der Waals surface area contributed by atoms with Gasteiger partial charge in [-0.25, -0.2) is 9.18 Å². The number of nitrogens with one attached hydrogen (secondary N) is 1. The molecule has 0 saturated heterocycles. The molecular weight excluding hydrogens is 476 g/mol. The molecule has 7 heteroatoms. The van der Waals surface area contributed by atoms with Gasteiger partial charge in [0.05, 0.1) is 6.42 Å². The van der Waals surface area contributed by atoms with E-state index in [-0.39, 0.29) is 19.6 Å². The van der Waals surface area contributed by atoms with Crippen LogP contribution in [0.2, 0.25) is 0 Å². The van der Waals surface area contributed by atoms with E-state index in [1.54, 1.807) is 0 Å². The zero-order valence-corrected chi connectivity index (χ0v) is 20.4. The molecule has 4 aromatic rings. The molecule has 1 amide bonds. The third-order valence-electron chi connectivity index (χ3n) is 5.23. The first-order chi connectivity index (χ1) is 17.6. The van der Waals surface area contributed by atoms with Gasteiger partial charge in [-0.05, 0) is 42.3 Å². The fraction of sp³-hybridized carbons (Fsp3) is 0.103. The Labute approximate surface area is 210 Å². The summed E-state index contributed by atoms with van der Waals surface area (Å²) in [5.74, 6) is -0.652. The van der Waals surface area contributed by atoms with Crippen LogP contribution in [0.15, 0.2) is 109 Å². The first kappa shape index (κ1) is 25.1. The topological polar surface area (TPSA) is 64.6 Å². The van der Waals surface area contributed by atoms with Crippen molar-refractivity contribution in [1.82, 2.24) is 5.32 Å². The van der Waals surface area contributed by atoms with Gasteiger partial charge in [-0.3, -0.25) is 4.79 Å². The largest absolute Gasteiger partial charge is 0.445 e. The molecule has 0 bridgehead atoms. The highest BCUT2D eigenvalue weighted by Crippen LogP contribution is 2.36. The number of esters is 1. The summed E-state index contributed by atoms with van der Waals surface area (Å²) in [7, 11) is -1.17. The normalized spacial score (nSPS) is 10.6. The lowest BCUT2D eigenvalue weighted by Crippen LogP contribution is -2.28. The molecule has 0 fully saturated rings. The number of ether oxygens (including phenoxy) is 2. The Morgan fingerprint density at radius 1 is 0.778 bits per heavy atom. The average molecular weight is 501 g/mol. The molecule has 4 rings (SSSR count). The van der Waals surface area contributed by atoms with E-state index in [2.05, 4.69) is 5.32 Å². The summed E-state index contributed by atoms with van der Waals surface area (Å²) >= 11 is 0. The van der Waals surface area contributed by atoms with Crippen LogP contribution in [0.5, 0.6) is 5.75 Å². The van der Waals surface area contributed by atoms with E-state index in [1.165, 1.54) is 18.2 Å². The fourth-order valence-electron chi connectivity index (χ4n) is 3.55. The number of hydrogen-bond donors (Lipinski definition) is 1. The number of alkyl carbamates (subject to hydrolysis) is 1. The molecule has 1 N–H and O–H groups in total. The molecule has 0 unspecified atom stereocenters. The summed E-state index contributed by atoms with van der Waals surface area (Å²) in [5.41, 5.74) is 0.865. The van der Waals surface area contributed by atoms with E-state index in [0.29, 0.717) is 11.1 Å². The molecule has 0 atom stereocenters. The van der Waals surface area contributed by atoms with E-state index >= 15 is 0 Å². The number of halogens is 1. The minimum atomic E-state index is -1.17. The summed E-state index contributed by atoms with van der Waals surface area (Å²) in [6.45, 7) is 0.188. The Morgan fingerprint density at radius 3 is 1.97 bits per heavy atom. The number of carbonyl (C=O) groups is 2. The number of rotatable bonds is 9. The van der Waals surface area contributed by atoms with Crippen molar-refractivity contribution < 1.29 is 23.5 Å². The molecule has 0 aliphatic heterocycles. The van der Waals surface area contributed by atoms with Gasteiger partial charge in [-0.15, -0.1) is 0 Å². The van der Waals surface area contributed by atoms with Crippen LogP contribution >= 0.6 is 7.92 Å². The first-order valence-electron chi connectivity index (χ1n) is 11.4. The van der Waals surface area contributed by atoms with Crippen molar-refractivity contribution in [2.24, 2.45) is 0 Å². The van der Waals surface area contributed by atoms with Gasteiger partial charge in [-0.1, -0.05) is 91.0 Å². The second-order valence-electron chi connectivity index (χ2n) is 7.83. The lowest BCUT2D eigenvalue weighted by Gasteiger charge is -2.22. The molecular formula is C29H25FNO4P. The van der Waals surface area contributed by atoms with Crippen molar-refractivity contribution >= 4 is 35.9 Å². The summed E-state index contributed by atoms with van der Waals surface area (Å²) in [6.07, 6.45) is -0.683. The first-order valence-corrected chi connectivity index (χ1v) is 12.8. The second-order valence-corrected chi connectivity index (χ2v) is 10.0. The molecule has 0 aliphatic rings. The maximum Gasteiger partial charge on any atom is 0.407 e. The Balaban J connectivity index is 1.43. The van der Waals surface area contributed by atoms with Crippen LogP contribution in [-0.2, 0) is 16.1 Å². The fourth-order valence-corrected chi connectivity index (χ4v) is 5.94. The minimum absolute atomic E-state index is 0.0507. The van der Waals surface area contributed by atoms with Crippen LogP contribution in [0.4, 0.5) is 9.18 Å². The van der Waals surface area contributed by atoms with E-state index in [4.69, 9.17) is 9.47 Å². The van der Waals surface area contributed by atoms with Gasteiger partial charge in [0.1, 0.15) is 18.2 Å². The van der Waals surface area contributed by atoms with Crippen LogP contribution in [0.1, 0.15) is 12.0 Å². The van der Waals surface area contributed by atoms with Crippen molar-refractivity contribution in [2.45, 2.75) is 13.0 Å². The third kappa shape index (κ3) is 7.00. The van der Waals surface area contributed by atoms with Gasteiger partial charge >= 0.3 is 12.1 Å². The summed E-state index contributed by atoms with van der Waals surface area (Å²) in [5, 5.41) is 5.16. The number of amides is 1. The molecule has 0 radical (unpaired) electrons. The second kappa shape index (κ2) is 12.6. The number of benzene rings is 4.